The molecule has 0 unspecified atom stereocenters. The summed E-state index contributed by atoms with van der Waals surface area (Å²) in [6.07, 6.45) is 1.19. The van der Waals surface area contributed by atoms with E-state index in [2.05, 4.69) is 0 Å². The highest BCUT2D eigenvalue weighted by Gasteiger charge is 2.14. The monoisotopic (exact) mass is 411 g/mol. The molecule has 1 heterocycles. The molecule has 0 radical (unpaired) electrons. The maximum atomic E-state index is 12.3. The second kappa shape index (κ2) is 9.08. The van der Waals surface area contributed by atoms with Crippen molar-refractivity contribution in [3.63, 3.8) is 0 Å². The van der Waals surface area contributed by atoms with Gasteiger partial charge in [0.25, 0.3) is 11.5 Å². The Hall–Kier alpha value is -3.88. The maximum absolute atomic E-state index is 12.3. The second-order valence-electron chi connectivity index (χ2n) is 6.70. The summed E-state index contributed by atoms with van der Waals surface area (Å²) in [4.78, 5) is 50.2. The van der Waals surface area contributed by atoms with E-state index in [9.17, 15) is 19.2 Å². The molecule has 3 aromatic rings. The molecule has 1 amide bonds. The Bertz CT molecular complexity index is 1200. The van der Waals surface area contributed by atoms with Gasteiger partial charge in [-0.3, -0.25) is 23.9 Å². The molecule has 0 aliphatic heterocycles. The van der Waals surface area contributed by atoms with Crippen LogP contribution in [0.25, 0.3) is 10.8 Å². The number of esters is 1. The third kappa shape index (κ3) is 5.13. The molecule has 0 bridgehead atoms. The van der Waals surface area contributed by atoms with Gasteiger partial charge in [-0.2, -0.15) is 0 Å². The molecule has 1 N–H and O–H groups in total. The Morgan fingerprint density at radius 1 is 1.07 bits per heavy atom. The zero-order chi connectivity index (χ0) is 21.7. The van der Waals surface area contributed by atoms with Crippen molar-refractivity contribution < 1.29 is 19.1 Å². The highest BCUT2D eigenvalue weighted by molar-refractivity contribution is 5.85. The Labute approximate surface area is 171 Å². The summed E-state index contributed by atoms with van der Waals surface area (Å²) in [5.41, 5.74) is -0.360. The van der Waals surface area contributed by atoms with Crippen LogP contribution >= 0.6 is 0 Å². The number of nitrogens with zero attached hydrogens (tertiary/aromatic N) is 2. The number of aromatic nitrogens is 2. The van der Waals surface area contributed by atoms with Crippen LogP contribution in [0, 0.1) is 0 Å². The quantitative estimate of drug-likeness (QED) is 0.579. The molecule has 0 saturated carbocycles. The summed E-state index contributed by atoms with van der Waals surface area (Å²) in [5.74, 6) is -0.369. The van der Waals surface area contributed by atoms with Crippen molar-refractivity contribution in [2.24, 2.45) is 0 Å². The zero-order valence-electron chi connectivity index (χ0n) is 16.6. The number of benzene rings is 2. The van der Waals surface area contributed by atoms with E-state index < -0.39 is 30.4 Å². The van der Waals surface area contributed by atoms with Crippen molar-refractivity contribution >= 4 is 22.6 Å². The summed E-state index contributed by atoms with van der Waals surface area (Å²) in [6, 6.07) is 12.7. The van der Waals surface area contributed by atoms with E-state index in [1.165, 1.54) is 11.1 Å². The minimum Gasteiger partial charge on any atom is -0.497 e. The lowest BCUT2D eigenvalue weighted by Crippen LogP contribution is -2.34. The normalized spacial score (nSPS) is 10.6. The number of carbonyl (C=O) groups is 2. The molecule has 30 heavy (non-hydrogen) atoms. The van der Waals surface area contributed by atoms with Gasteiger partial charge in [0, 0.05) is 25.9 Å². The number of aromatic amines is 1. The van der Waals surface area contributed by atoms with Gasteiger partial charge in [0.1, 0.15) is 12.3 Å². The predicted molar refractivity (Wildman–Crippen MR) is 109 cm³/mol. The first-order chi connectivity index (χ1) is 14.4. The van der Waals surface area contributed by atoms with E-state index >= 15 is 0 Å². The van der Waals surface area contributed by atoms with Gasteiger partial charge in [-0.15, -0.1) is 0 Å². The van der Waals surface area contributed by atoms with Crippen molar-refractivity contribution in [2.45, 2.75) is 13.1 Å². The van der Waals surface area contributed by atoms with E-state index in [0.29, 0.717) is 6.54 Å². The molecule has 9 nitrogen and oxygen atoms in total. The summed E-state index contributed by atoms with van der Waals surface area (Å²) >= 11 is 0. The number of carbonyl (C=O) groups excluding carboxylic acids is 2. The molecule has 0 saturated heterocycles. The van der Waals surface area contributed by atoms with E-state index in [1.54, 1.807) is 14.2 Å². The number of hydrogen-bond acceptors (Lipinski definition) is 6. The molecule has 1 aromatic heterocycles. The lowest BCUT2D eigenvalue weighted by molar-refractivity contribution is -0.152. The van der Waals surface area contributed by atoms with Crippen molar-refractivity contribution in [3.8, 4) is 5.75 Å². The van der Waals surface area contributed by atoms with Gasteiger partial charge in [-0.25, -0.2) is 4.79 Å². The molecule has 0 aliphatic carbocycles. The van der Waals surface area contributed by atoms with Crippen molar-refractivity contribution in [3.05, 3.63) is 75.1 Å². The third-order valence-corrected chi connectivity index (χ3v) is 4.51. The molecule has 2 aromatic carbocycles. The van der Waals surface area contributed by atoms with Gasteiger partial charge >= 0.3 is 11.7 Å². The molecular formula is C21H21N3O6. The third-order valence-electron chi connectivity index (χ3n) is 4.51. The van der Waals surface area contributed by atoms with Crippen LogP contribution in [-0.2, 0) is 27.4 Å². The zero-order valence-corrected chi connectivity index (χ0v) is 16.6. The fourth-order valence-electron chi connectivity index (χ4n) is 2.87. The van der Waals surface area contributed by atoms with Crippen molar-refractivity contribution in [1.82, 2.24) is 14.5 Å². The number of H-pyrrole nitrogens is 1. The number of ether oxygens (including phenoxy) is 2. The molecule has 0 spiro atoms. The number of methoxy groups -OCH3 is 1. The topological polar surface area (TPSA) is 111 Å². The van der Waals surface area contributed by atoms with Gasteiger partial charge in [0.2, 0.25) is 0 Å². The average Bonchev–Trinajstić information content (AvgIpc) is 2.73. The first-order valence-electron chi connectivity index (χ1n) is 9.12. The molecule has 3 rings (SSSR count). The van der Waals surface area contributed by atoms with Crippen LogP contribution in [0.1, 0.15) is 5.56 Å². The molecule has 0 atom stereocenters. The summed E-state index contributed by atoms with van der Waals surface area (Å²) in [5, 5.41) is 2.05. The van der Waals surface area contributed by atoms with Crippen LogP contribution in [0.3, 0.4) is 0 Å². The standard InChI is InChI=1S/C21H21N3O6/c1-23(11-14-3-4-16-10-17(29-2)6-5-15(16)9-14)19(26)13-30-20(27)12-24-8-7-18(25)22-21(24)28/h3-10H,11-13H2,1-2H3,(H,22,25,28). The van der Waals surface area contributed by atoms with E-state index in [0.717, 1.165) is 32.7 Å². The highest BCUT2D eigenvalue weighted by atomic mass is 16.5. The Kier molecular flexibility index (Phi) is 6.31. The fraction of sp³-hybridized carbons (Fsp3) is 0.238. The van der Waals surface area contributed by atoms with Crippen LogP contribution < -0.4 is 16.0 Å². The summed E-state index contributed by atoms with van der Waals surface area (Å²) < 4.78 is 11.2. The molecule has 0 fully saturated rings. The van der Waals surface area contributed by atoms with Crippen LogP contribution in [0.15, 0.2) is 58.3 Å². The van der Waals surface area contributed by atoms with E-state index in [4.69, 9.17) is 9.47 Å². The molecule has 9 heteroatoms. The molecular weight excluding hydrogens is 390 g/mol. The molecule has 156 valence electrons. The summed E-state index contributed by atoms with van der Waals surface area (Å²) in [6.45, 7) is -0.503. The predicted octanol–water partition coefficient (Wildman–Crippen LogP) is 0.900. The smallest absolute Gasteiger partial charge is 0.328 e. The van der Waals surface area contributed by atoms with Gasteiger partial charge in [0.05, 0.1) is 7.11 Å². The van der Waals surface area contributed by atoms with Crippen LogP contribution in [-0.4, -0.2) is 47.1 Å². The number of rotatable bonds is 7. The Morgan fingerprint density at radius 2 is 1.80 bits per heavy atom. The Morgan fingerprint density at radius 3 is 2.53 bits per heavy atom. The minimum absolute atomic E-state index is 0.345. The van der Waals surface area contributed by atoms with E-state index in [1.807, 2.05) is 41.4 Å². The average molecular weight is 411 g/mol. The van der Waals surface area contributed by atoms with Crippen LogP contribution in [0.2, 0.25) is 0 Å². The van der Waals surface area contributed by atoms with Crippen molar-refractivity contribution in [1.29, 1.82) is 0 Å². The minimum atomic E-state index is -0.759. The Balaban J connectivity index is 1.55. The van der Waals surface area contributed by atoms with Crippen LogP contribution in [0.5, 0.6) is 5.75 Å². The summed E-state index contributed by atoms with van der Waals surface area (Å²) in [7, 11) is 3.22. The first kappa shape index (κ1) is 20.8. The largest absolute Gasteiger partial charge is 0.497 e. The van der Waals surface area contributed by atoms with Gasteiger partial charge in [-0.05, 0) is 34.5 Å². The molecule has 0 aliphatic rings. The fourth-order valence-corrected chi connectivity index (χ4v) is 2.87. The second-order valence-corrected chi connectivity index (χ2v) is 6.70. The number of hydrogen-bond donors (Lipinski definition) is 1. The van der Waals surface area contributed by atoms with Crippen LogP contribution in [0.4, 0.5) is 0 Å². The van der Waals surface area contributed by atoms with Gasteiger partial charge < -0.3 is 14.4 Å². The lowest BCUT2D eigenvalue weighted by Gasteiger charge is -2.17. The van der Waals surface area contributed by atoms with Crippen molar-refractivity contribution in [2.75, 3.05) is 20.8 Å². The SMILES string of the molecule is COc1ccc2cc(CN(C)C(=O)COC(=O)Cn3ccc(=O)[nH]c3=O)ccc2c1. The number of fused-ring (bicyclic) bond motifs is 1. The number of nitrogens with one attached hydrogen (secondary N) is 1. The maximum Gasteiger partial charge on any atom is 0.328 e. The number of amides is 1. The van der Waals surface area contributed by atoms with E-state index in [-0.39, 0.29) is 5.91 Å². The van der Waals surface area contributed by atoms with Gasteiger partial charge in [0.15, 0.2) is 6.61 Å². The first-order valence-corrected chi connectivity index (χ1v) is 9.12. The lowest BCUT2D eigenvalue weighted by atomic mass is 10.1. The van der Waals surface area contributed by atoms with Gasteiger partial charge in [-0.1, -0.05) is 18.2 Å². The number of likely N-dealkylation sites (N-methyl/N-ethyl adjacent to an activating group) is 1. The highest BCUT2D eigenvalue weighted by Crippen LogP contribution is 2.22.